The third-order valence-corrected chi connectivity index (χ3v) is 8.74. The zero-order valence-corrected chi connectivity index (χ0v) is 29.4. The number of carbonyl (C=O) groups excluding carboxylic acids is 1. The molecular formula is C35H47N7O6S. The van der Waals surface area contributed by atoms with E-state index in [1.165, 1.54) is 0 Å². The van der Waals surface area contributed by atoms with Crippen LogP contribution >= 0.6 is 11.3 Å². The number of phenols is 1. The quantitative estimate of drug-likeness (QED) is 0.0681. The van der Waals surface area contributed by atoms with Crippen molar-refractivity contribution >= 4 is 29.2 Å². The van der Waals surface area contributed by atoms with Crippen LogP contribution in [0.5, 0.6) is 5.75 Å². The zero-order chi connectivity index (χ0) is 35.0. The fourth-order valence-corrected chi connectivity index (χ4v) is 5.98. The summed E-state index contributed by atoms with van der Waals surface area (Å²) in [5, 5.41) is 39.7. The van der Waals surface area contributed by atoms with E-state index in [1.54, 1.807) is 51.9 Å². The Morgan fingerprint density at radius 3 is 2.55 bits per heavy atom. The molecule has 0 saturated carbocycles. The van der Waals surface area contributed by atoms with Gasteiger partial charge in [-0.3, -0.25) is 14.6 Å². The van der Waals surface area contributed by atoms with Crippen LogP contribution in [-0.2, 0) is 25.7 Å². The van der Waals surface area contributed by atoms with E-state index in [0.717, 1.165) is 21.7 Å². The number of ether oxygens (including phenoxy) is 2. The number of aromatic hydroxyl groups is 1. The molecule has 1 fully saturated rings. The molecule has 3 atom stereocenters. The van der Waals surface area contributed by atoms with Gasteiger partial charge in [-0.15, -0.1) is 11.3 Å². The molecule has 1 saturated heterocycles. The molecular weight excluding hydrogens is 646 g/mol. The number of nitrogens with one attached hydrogen (secondary N) is 1. The summed E-state index contributed by atoms with van der Waals surface area (Å²) in [6.45, 7) is 10.4. The van der Waals surface area contributed by atoms with Crippen molar-refractivity contribution in [2.45, 2.75) is 59.0 Å². The van der Waals surface area contributed by atoms with E-state index in [1.807, 2.05) is 63.5 Å². The number of amides is 1. The number of β-amino-alcohol motifs (C(OH)–C–C–N with tert-alkyl or cyclic N) is 1. The standard InChI is InChI=1S/C35H47N7O6S/c1-5-31(30-9-7-8-10-33(30)44)40-39-26(4)41(38-6-2)15-16-46-17-18-47-19-20-48-42-23-29(43)21-32(42)35(45)36-22-27-11-13-28(14-12-27)34-25(3)37-24-49-34/h5-14,24,26,29,32,43-44H,15-23H2,1-4H3,(H,36,45)/b31-5-,38-6-,40-39?/t26?,29-,32+/m1/s1. The molecule has 49 heavy (non-hydrogen) atoms. The van der Waals surface area contributed by atoms with Crippen molar-refractivity contribution in [3.05, 3.63) is 76.9 Å². The largest absolute Gasteiger partial charge is 0.507 e. The number of phenolic OH excluding ortho intramolecular Hbond substituents is 1. The molecule has 1 amide bonds. The third-order valence-electron chi connectivity index (χ3n) is 7.77. The highest BCUT2D eigenvalue weighted by atomic mass is 32.1. The summed E-state index contributed by atoms with van der Waals surface area (Å²) >= 11 is 1.61. The molecule has 0 aliphatic carbocycles. The number of allylic oxidation sites excluding steroid dienone is 1. The molecule has 4 rings (SSSR count). The number of para-hydroxylation sites is 1. The minimum absolute atomic E-state index is 0.145. The molecule has 0 spiro atoms. The molecule has 2 aromatic carbocycles. The summed E-state index contributed by atoms with van der Waals surface area (Å²) < 4.78 is 11.4. The van der Waals surface area contributed by atoms with E-state index in [2.05, 4.69) is 25.6 Å². The van der Waals surface area contributed by atoms with E-state index in [-0.39, 0.29) is 31.0 Å². The summed E-state index contributed by atoms with van der Waals surface area (Å²) in [7, 11) is 0. The molecule has 1 unspecified atom stereocenters. The molecule has 0 radical (unpaired) electrons. The minimum Gasteiger partial charge on any atom is -0.507 e. The predicted octanol–water partition coefficient (Wildman–Crippen LogP) is 5.01. The van der Waals surface area contributed by atoms with Crippen molar-refractivity contribution in [1.29, 1.82) is 0 Å². The van der Waals surface area contributed by atoms with E-state index in [0.29, 0.717) is 57.2 Å². The second-order valence-electron chi connectivity index (χ2n) is 11.3. The number of nitrogens with zero attached hydrogens (tertiary/aromatic N) is 6. The van der Waals surface area contributed by atoms with Crippen LogP contribution in [0.3, 0.4) is 0 Å². The van der Waals surface area contributed by atoms with Gasteiger partial charge in [0.2, 0.25) is 5.91 Å². The van der Waals surface area contributed by atoms with Gasteiger partial charge in [-0.25, -0.2) is 4.98 Å². The first kappa shape index (κ1) is 37.8. The minimum atomic E-state index is -0.643. The number of thiazole rings is 1. The number of aryl methyl sites for hydroxylation is 1. The second kappa shape index (κ2) is 19.8. The van der Waals surface area contributed by atoms with Crippen molar-refractivity contribution in [3.63, 3.8) is 0 Å². The highest BCUT2D eigenvalue weighted by molar-refractivity contribution is 7.13. The number of rotatable bonds is 19. The van der Waals surface area contributed by atoms with E-state index >= 15 is 0 Å². The van der Waals surface area contributed by atoms with Gasteiger partial charge in [-0.05, 0) is 51.0 Å². The average Bonchev–Trinajstić information content (AvgIpc) is 3.71. The molecule has 3 N–H and O–H groups in total. The maximum atomic E-state index is 13.0. The van der Waals surface area contributed by atoms with Crippen LogP contribution in [0.15, 0.2) is 75.4 Å². The number of carbonyl (C=O) groups is 1. The fraction of sp³-hybridized carbons (Fsp3) is 0.457. The molecule has 0 bridgehead atoms. The summed E-state index contributed by atoms with van der Waals surface area (Å²) in [5.41, 5.74) is 6.11. The number of hydroxylamine groups is 2. The Bertz CT molecular complexity index is 1550. The maximum absolute atomic E-state index is 13.0. The number of aliphatic hydroxyl groups excluding tert-OH is 1. The van der Waals surface area contributed by atoms with Crippen molar-refractivity contribution in [2.75, 3.05) is 46.1 Å². The van der Waals surface area contributed by atoms with Crippen molar-refractivity contribution in [3.8, 4) is 16.2 Å². The molecule has 13 nitrogen and oxygen atoms in total. The van der Waals surface area contributed by atoms with Crippen LogP contribution in [0.2, 0.25) is 0 Å². The summed E-state index contributed by atoms with van der Waals surface area (Å²) in [5.74, 6) is -0.0467. The van der Waals surface area contributed by atoms with Crippen LogP contribution in [0.1, 0.15) is 44.0 Å². The van der Waals surface area contributed by atoms with Gasteiger partial charge in [0.05, 0.1) is 74.0 Å². The summed E-state index contributed by atoms with van der Waals surface area (Å²) in [6, 6.07) is 14.5. The molecule has 264 valence electrons. The first-order valence-corrected chi connectivity index (χ1v) is 17.3. The van der Waals surface area contributed by atoms with Crippen LogP contribution in [0.25, 0.3) is 16.1 Å². The highest BCUT2D eigenvalue weighted by Gasteiger charge is 2.37. The van der Waals surface area contributed by atoms with E-state index < -0.39 is 12.1 Å². The van der Waals surface area contributed by atoms with Crippen molar-refractivity contribution in [1.82, 2.24) is 20.4 Å². The van der Waals surface area contributed by atoms with Crippen LogP contribution < -0.4 is 5.32 Å². The number of hydrogen-bond donors (Lipinski definition) is 3. The van der Waals surface area contributed by atoms with Gasteiger partial charge in [-0.2, -0.15) is 20.4 Å². The fourth-order valence-electron chi connectivity index (χ4n) is 5.17. The van der Waals surface area contributed by atoms with Gasteiger partial charge in [0.1, 0.15) is 11.8 Å². The number of aromatic nitrogens is 1. The Morgan fingerprint density at radius 2 is 1.86 bits per heavy atom. The Morgan fingerprint density at radius 1 is 1.12 bits per heavy atom. The molecule has 14 heteroatoms. The SMILES string of the molecule is C/C=N\N(CCOCCOCCON1C[C@H](O)C[C@H]1C(=O)NCc1ccc(-c2scnc2C)cc1)C(C)N=N/C(=C\C)c1ccccc1O. The first-order valence-electron chi connectivity index (χ1n) is 16.4. The lowest BCUT2D eigenvalue weighted by Crippen LogP contribution is -2.43. The van der Waals surface area contributed by atoms with Gasteiger partial charge < -0.3 is 25.0 Å². The van der Waals surface area contributed by atoms with Gasteiger partial charge in [0.25, 0.3) is 0 Å². The third kappa shape index (κ3) is 11.5. The van der Waals surface area contributed by atoms with Gasteiger partial charge in [0.15, 0.2) is 6.17 Å². The lowest BCUT2D eigenvalue weighted by atomic mass is 10.1. The number of benzene rings is 2. The van der Waals surface area contributed by atoms with Crippen LogP contribution in [0.4, 0.5) is 0 Å². The number of hydrazone groups is 1. The number of azo groups is 1. The Labute approximate surface area is 291 Å². The van der Waals surface area contributed by atoms with E-state index in [9.17, 15) is 15.0 Å². The molecule has 1 aromatic heterocycles. The molecule has 3 aromatic rings. The lowest BCUT2D eigenvalue weighted by molar-refractivity contribution is -0.186. The Balaban J connectivity index is 1.10. The normalized spacial score (nSPS) is 17.7. The zero-order valence-electron chi connectivity index (χ0n) is 28.6. The van der Waals surface area contributed by atoms with Gasteiger partial charge >= 0.3 is 0 Å². The highest BCUT2D eigenvalue weighted by Crippen LogP contribution is 2.28. The lowest BCUT2D eigenvalue weighted by Gasteiger charge is -2.23. The second-order valence-corrected chi connectivity index (χ2v) is 12.2. The topological polar surface area (TPSA) is 154 Å². The summed E-state index contributed by atoms with van der Waals surface area (Å²) in [4.78, 5) is 24.2. The first-order chi connectivity index (χ1) is 23.8. The van der Waals surface area contributed by atoms with Crippen LogP contribution in [0, 0.1) is 6.92 Å². The maximum Gasteiger partial charge on any atom is 0.240 e. The van der Waals surface area contributed by atoms with Crippen molar-refractivity contribution in [2.24, 2.45) is 15.3 Å². The Kier molecular flexibility index (Phi) is 15.3. The molecule has 2 heterocycles. The van der Waals surface area contributed by atoms with E-state index in [4.69, 9.17) is 14.3 Å². The van der Waals surface area contributed by atoms with Crippen LogP contribution in [-0.4, -0.2) is 102 Å². The number of aliphatic hydroxyl groups is 1. The van der Waals surface area contributed by atoms with Gasteiger partial charge in [0, 0.05) is 24.7 Å². The van der Waals surface area contributed by atoms with Crippen molar-refractivity contribution < 1.29 is 29.3 Å². The monoisotopic (exact) mass is 693 g/mol. The molecule has 1 aliphatic rings. The average molecular weight is 694 g/mol. The predicted molar refractivity (Wildman–Crippen MR) is 190 cm³/mol. The summed E-state index contributed by atoms with van der Waals surface area (Å²) in [6.07, 6.45) is 2.79. The Hall–Kier alpha value is -4.05. The van der Waals surface area contributed by atoms with Gasteiger partial charge in [-0.1, -0.05) is 42.5 Å². The number of hydrogen-bond acceptors (Lipinski definition) is 13. The molecule has 1 aliphatic heterocycles. The smallest absolute Gasteiger partial charge is 0.240 e.